The fourth-order valence-corrected chi connectivity index (χ4v) is 5.93. The van der Waals surface area contributed by atoms with Crippen LogP contribution in [0.25, 0.3) is 11.0 Å². The highest BCUT2D eigenvalue weighted by molar-refractivity contribution is 5.88. The second-order valence-corrected chi connectivity index (χ2v) is 9.86. The molecule has 2 fully saturated rings. The van der Waals surface area contributed by atoms with Crippen LogP contribution >= 0.6 is 0 Å². The minimum atomic E-state index is -4.52. The molecular weight excluding hydrogens is 450 g/mol. The predicted molar refractivity (Wildman–Crippen MR) is 118 cm³/mol. The quantitative estimate of drug-likeness (QED) is 0.540. The maximum absolute atomic E-state index is 15.9. The summed E-state index contributed by atoms with van der Waals surface area (Å²) in [5, 5.41) is 3.65. The molecule has 10 heteroatoms. The Hall–Kier alpha value is -2.72. The third-order valence-corrected chi connectivity index (χ3v) is 7.60. The van der Waals surface area contributed by atoms with Crippen LogP contribution in [0.1, 0.15) is 36.2 Å². The summed E-state index contributed by atoms with van der Waals surface area (Å²) in [4.78, 5) is 12.9. The summed E-state index contributed by atoms with van der Waals surface area (Å²) in [6, 6.07) is 7.86. The van der Waals surface area contributed by atoms with E-state index in [0.717, 1.165) is 24.7 Å². The summed E-state index contributed by atoms with van der Waals surface area (Å²) in [5.41, 5.74) is -0.896. The van der Waals surface area contributed by atoms with Gasteiger partial charge in [0.15, 0.2) is 0 Å². The number of hydrogen-bond donors (Lipinski definition) is 2. The molecule has 2 N–H and O–H groups in total. The molecule has 34 heavy (non-hydrogen) atoms. The van der Waals surface area contributed by atoms with Crippen LogP contribution in [-0.4, -0.2) is 52.2 Å². The lowest BCUT2D eigenvalue weighted by Crippen LogP contribution is -2.48. The number of aromatic nitrogens is 3. The number of aromatic amines is 1. The third kappa shape index (κ3) is 3.54. The van der Waals surface area contributed by atoms with Gasteiger partial charge in [0.1, 0.15) is 29.2 Å². The van der Waals surface area contributed by atoms with E-state index in [1.165, 1.54) is 6.33 Å². The number of ether oxygens (including phenoxy) is 1. The third-order valence-electron chi connectivity index (χ3n) is 7.60. The van der Waals surface area contributed by atoms with E-state index in [9.17, 15) is 13.2 Å². The molecule has 0 bridgehead atoms. The first-order chi connectivity index (χ1) is 16.2. The molecule has 2 saturated heterocycles. The monoisotopic (exact) mass is 475 g/mol. The smallest absolute Gasteiger partial charge is 0.381 e. The van der Waals surface area contributed by atoms with Gasteiger partial charge in [-0.2, -0.15) is 13.2 Å². The SMILES string of the molecule is CC1(F)C[C@H](N2C[C@H]3COC[C@H]3C2)[C@@H](Nc2ncnc3[nH]c(C(F)(F)F)cc23)c2ccccc21. The molecule has 5 atom stereocenters. The van der Waals surface area contributed by atoms with Crippen LogP contribution in [-0.2, 0) is 16.6 Å². The number of alkyl halides is 4. The normalized spacial score (nSPS) is 31.6. The highest BCUT2D eigenvalue weighted by Crippen LogP contribution is 2.48. The van der Waals surface area contributed by atoms with E-state index < -0.39 is 17.5 Å². The summed E-state index contributed by atoms with van der Waals surface area (Å²) < 4.78 is 61.5. The molecule has 3 aromatic rings. The molecule has 0 saturated carbocycles. The summed E-state index contributed by atoms with van der Waals surface area (Å²) in [7, 11) is 0. The molecule has 1 aliphatic carbocycles. The summed E-state index contributed by atoms with van der Waals surface area (Å²) in [6.45, 7) is 4.66. The molecule has 0 amide bonds. The van der Waals surface area contributed by atoms with Crippen molar-refractivity contribution >= 4 is 16.9 Å². The fraction of sp³-hybridized carbons (Fsp3) is 0.500. The first kappa shape index (κ1) is 21.8. The van der Waals surface area contributed by atoms with Crippen molar-refractivity contribution in [1.82, 2.24) is 19.9 Å². The van der Waals surface area contributed by atoms with Crippen LogP contribution in [0, 0.1) is 11.8 Å². The number of nitrogens with zero attached hydrogens (tertiary/aromatic N) is 3. The van der Waals surface area contributed by atoms with Crippen molar-refractivity contribution in [2.75, 3.05) is 31.6 Å². The predicted octanol–water partition coefficient (Wildman–Crippen LogP) is 4.67. The van der Waals surface area contributed by atoms with E-state index in [2.05, 4.69) is 25.2 Å². The van der Waals surface area contributed by atoms with E-state index >= 15 is 4.39 Å². The van der Waals surface area contributed by atoms with Gasteiger partial charge in [0, 0.05) is 37.4 Å². The lowest BCUT2D eigenvalue weighted by Gasteiger charge is -2.44. The molecule has 1 aromatic carbocycles. The average molecular weight is 475 g/mol. The first-order valence-electron chi connectivity index (χ1n) is 11.5. The van der Waals surface area contributed by atoms with Gasteiger partial charge in [-0.15, -0.1) is 0 Å². The van der Waals surface area contributed by atoms with Crippen LogP contribution < -0.4 is 5.32 Å². The van der Waals surface area contributed by atoms with Crippen LogP contribution in [0.5, 0.6) is 0 Å². The van der Waals surface area contributed by atoms with E-state index in [4.69, 9.17) is 4.74 Å². The standard InChI is InChI=1S/C24H25F4N5O/c1-23(25)7-18(33-8-13-10-34-11-14(13)9-33)20(15-4-2-3-5-17(15)23)32-22-16-6-19(24(26,27)28)31-21(16)29-12-30-22/h2-6,12-14,18,20H,7-11H2,1H3,(H2,29,30,31,32)/t13-,14+,18-,20-,23?/m0/s1. The minimum Gasteiger partial charge on any atom is -0.381 e. The summed E-state index contributed by atoms with van der Waals surface area (Å²) in [5.74, 6) is 1.15. The van der Waals surface area contributed by atoms with Gasteiger partial charge >= 0.3 is 6.18 Å². The molecule has 180 valence electrons. The Morgan fingerprint density at radius 1 is 1.15 bits per heavy atom. The first-order valence-corrected chi connectivity index (χ1v) is 11.5. The van der Waals surface area contributed by atoms with Gasteiger partial charge in [-0.25, -0.2) is 14.4 Å². The molecule has 0 radical (unpaired) electrons. The van der Waals surface area contributed by atoms with Gasteiger partial charge in [-0.3, -0.25) is 4.90 Å². The Morgan fingerprint density at radius 2 is 1.88 bits per heavy atom. The Bertz CT molecular complexity index is 1210. The highest BCUT2D eigenvalue weighted by atomic mass is 19.4. The van der Waals surface area contributed by atoms with E-state index in [0.29, 0.717) is 36.4 Å². The zero-order chi connectivity index (χ0) is 23.7. The van der Waals surface area contributed by atoms with Gasteiger partial charge < -0.3 is 15.0 Å². The molecule has 3 aliphatic rings. The van der Waals surface area contributed by atoms with Crippen LogP contribution in [0.2, 0.25) is 0 Å². The van der Waals surface area contributed by atoms with Crippen molar-refractivity contribution in [2.24, 2.45) is 11.8 Å². The van der Waals surface area contributed by atoms with Gasteiger partial charge in [0.25, 0.3) is 0 Å². The summed E-state index contributed by atoms with van der Waals surface area (Å²) in [6.07, 6.45) is -3.01. The van der Waals surface area contributed by atoms with Gasteiger partial charge in [-0.1, -0.05) is 24.3 Å². The molecule has 6 rings (SSSR count). The average Bonchev–Trinajstić information content (AvgIpc) is 3.50. The number of anilines is 1. The van der Waals surface area contributed by atoms with Crippen molar-refractivity contribution in [3.63, 3.8) is 0 Å². The van der Waals surface area contributed by atoms with Crippen LogP contribution in [0.15, 0.2) is 36.7 Å². The minimum absolute atomic E-state index is 0.105. The fourth-order valence-electron chi connectivity index (χ4n) is 5.93. The maximum atomic E-state index is 15.9. The number of H-pyrrole nitrogens is 1. The number of hydrogen-bond acceptors (Lipinski definition) is 5. The van der Waals surface area contributed by atoms with Gasteiger partial charge in [-0.05, 0) is 24.1 Å². The lowest BCUT2D eigenvalue weighted by molar-refractivity contribution is -0.140. The molecule has 2 aromatic heterocycles. The number of fused-ring (bicyclic) bond motifs is 3. The summed E-state index contributed by atoms with van der Waals surface area (Å²) >= 11 is 0. The molecule has 6 nitrogen and oxygen atoms in total. The Balaban J connectivity index is 1.41. The van der Waals surface area contributed by atoms with Crippen molar-refractivity contribution in [2.45, 2.75) is 37.3 Å². The molecule has 2 aliphatic heterocycles. The Morgan fingerprint density at radius 3 is 2.62 bits per heavy atom. The van der Waals surface area contributed by atoms with Crippen LogP contribution in [0.4, 0.5) is 23.4 Å². The number of benzene rings is 1. The lowest BCUT2D eigenvalue weighted by atomic mass is 9.75. The van der Waals surface area contributed by atoms with Crippen molar-refractivity contribution < 1.29 is 22.3 Å². The van der Waals surface area contributed by atoms with Gasteiger partial charge in [0.2, 0.25) is 0 Å². The molecular formula is C24H25F4N5O. The van der Waals surface area contributed by atoms with Crippen molar-refractivity contribution in [1.29, 1.82) is 0 Å². The Kier molecular flexibility index (Phi) is 4.90. The van der Waals surface area contributed by atoms with Crippen molar-refractivity contribution in [3.8, 4) is 0 Å². The highest BCUT2D eigenvalue weighted by Gasteiger charge is 2.48. The number of halogens is 4. The zero-order valence-corrected chi connectivity index (χ0v) is 18.6. The van der Waals surface area contributed by atoms with E-state index in [-0.39, 0.29) is 29.5 Å². The maximum Gasteiger partial charge on any atom is 0.431 e. The number of likely N-dealkylation sites (tertiary alicyclic amines) is 1. The molecule has 0 spiro atoms. The second kappa shape index (κ2) is 7.64. The van der Waals surface area contributed by atoms with E-state index in [1.807, 2.05) is 18.2 Å². The number of nitrogens with one attached hydrogen (secondary N) is 2. The van der Waals surface area contributed by atoms with Gasteiger partial charge in [0.05, 0.1) is 24.6 Å². The van der Waals surface area contributed by atoms with E-state index in [1.54, 1.807) is 13.0 Å². The van der Waals surface area contributed by atoms with Crippen LogP contribution in [0.3, 0.4) is 0 Å². The zero-order valence-electron chi connectivity index (χ0n) is 18.6. The Labute approximate surface area is 193 Å². The molecule has 1 unspecified atom stereocenters. The topological polar surface area (TPSA) is 66.1 Å². The van der Waals surface area contributed by atoms with Crippen molar-refractivity contribution in [3.05, 3.63) is 53.5 Å². The largest absolute Gasteiger partial charge is 0.431 e. The molecule has 4 heterocycles. The number of rotatable bonds is 3. The second-order valence-electron chi connectivity index (χ2n) is 9.86.